The van der Waals surface area contributed by atoms with Crippen LogP contribution in [0.2, 0.25) is 0 Å². The Morgan fingerprint density at radius 3 is 2.48 bits per heavy atom. The fourth-order valence-corrected chi connectivity index (χ4v) is 2.23. The molecule has 0 unspecified atom stereocenters. The van der Waals surface area contributed by atoms with Crippen molar-refractivity contribution >= 4 is 11.8 Å². The van der Waals surface area contributed by atoms with Crippen LogP contribution in [0.15, 0.2) is 18.2 Å². The summed E-state index contributed by atoms with van der Waals surface area (Å²) < 4.78 is 26.8. The van der Waals surface area contributed by atoms with E-state index in [2.05, 4.69) is 5.32 Å². The van der Waals surface area contributed by atoms with E-state index >= 15 is 0 Å². The summed E-state index contributed by atoms with van der Waals surface area (Å²) in [5.41, 5.74) is -0.255. The monoisotopic (exact) mass is 297 g/mol. The van der Waals surface area contributed by atoms with Crippen molar-refractivity contribution in [3.05, 3.63) is 35.4 Å². The van der Waals surface area contributed by atoms with Crippen LogP contribution in [0.5, 0.6) is 0 Å². The third kappa shape index (κ3) is 3.55. The Hall–Kier alpha value is -2.02. The molecule has 0 atom stereocenters. The first-order chi connectivity index (χ1) is 10.0. The molecule has 2 amide bonds. The van der Waals surface area contributed by atoms with Gasteiger partial charge in [-0.2, -0.15) is 0 Å². The number of carbonyl (C=O) groups excluding carboxylic acids is 2. The number of rotatable bonds is 3. The summed E-state index contributed by atoms with van der Waals surface area (Å²) in [7, 11) is 1.56. The minimum absolute atomic E-state index is 0.0917. The van der Waals surface area contributed by atoms with Gasteiger partial charge < -0.3 is 10.2 Å². The zero-order valence-electron chi connectivity index (χ0n) is 11.7. The van der Waals surface area contributed by atoms with Crippen molar-refractivity contribution in [2.75, 3.05) is 39.8 Å². The first-order valence-electron chi connectivity index (χ1n) is 6.69. The van der Waals surface area contributed by atoms with Crippen LogP contribution < -0.4 is 5.32 Å². The van der Waals surface area contributed by atoms with E-state index in [0.717, 1.165) is 6.07 Å². The van der Waals surface area contributed by atoms with Crippen LogP contribution in [0.25, 0.3) is 0 Å². The molecule has 21 heavy (non-hydrogen) atoms. The van der Waals surface area contributed by atoms with Gasteiger partial charge in [0.2, 0.25) is 5.91 Å². The van der Waals surface area contributed by atoms with Gasteiger partial charge in [0.15, 0.2) is 11.6 Å². The molecule has 0 bridgehead atoms. The second-order valence-electron chi connectivity index (χ2n) is 4.84. The SMILES string of the molecule is CNC(=O)CN1CCN(C(=O)c2cccc(F)c2F)CC1. The second-order valence-corrected chi connectivity index (χ2v) is 4.84. The summed E-state index contributed by atoms with van der Waals surface area (Å²) in [5, 5.41) is 2.53. The van der Waals surface area contributed by atoms with Crippen LogP contribution in [0.4, 0.5) is 8.78 Å². The van der Waals surface area contributed by atoms with Gasteiger partial charge in [-0.3, -0.25) is 14.5 Å². The highest BCUT2D eigenvalue weighted by Crippen LogP contribution is 2.15. The van der Waals surface area contributed by atoms with Crippen molar-refractivity contribution in [1.29, 1.82) is 0 Å². The summed E-state index contributed by atoms with van der Waals surface area (Å²) >= 11 is 0. The van der Waals surface area contributed by atoms with Crippen LogP contribution in [0.3, 0.4) is 0 Å². The molecule has 1 aliphatic rings. The van der Waals surface area contributed by atoms with Crippen molar-refractivity contribution in [3.8, 4) is 0 Å². The van der Waals surface area contributed by atoms with Gasteiger partial charge in [-0.05, 0) is 12.1 Å². The Morgan fingerprint density at radius 2 is 1.86 bits per heavy atom. The number of hydrogen-bond acceptors (Lipinski definition) is 3. The number of hydrogen-bond donors (Lipinski definition) is 1. The van der Waals surface area contributed by atoms with E-state index in [1.807, 2.05) is 4.90 Å². The predicted molar refractivity (Wildman–Crippen MR) is 72.8 cm³/mol. The van der Waals surface area contributed by atoms with Gasteiger partial charge in [0.05, 0.1) is 12.1 Å². The molecule has 5 nitrogen and oxygen atoms in total. The maximum Gasteiger partial charge on any atom is 0.257 e. The highest BCUT2D eigenvalue weighted by Gasteiger charge is 2.25. The zero-order valence-corrected chi connectivity index (χ0v) is 11.7. The van der Waals surface area contributed by atoms with Gasteiger partial charge in [-0.25, -0.2) is 8.78 Å². The largest absolute Gasteiger partial charge is 0.358 e. The van der Waals surface area contributed by atoms with Crippen LogP contribution in [0.1, 0.15) is 10.4 Å². The van der Waals surface area contributed by atoms with Crippen molar-refractivity contribution in [2.24, 2.45) is 0 Å². The molecule has 1 N–H and O–H groups in total. The van der Waals surface area contributed by atoms with Gasteiger partial charge >= 0.3 is 0 Å². The number of carbonyl (C=O) groups is 2. The summed E-state index contributed by atoms with van der Waals surface area (Å²) in [6.07, 6.45) is 0. The van der Waals surface area contributed by atoms with Gasteiger partial charge in [-0.1, -0.05) is 6.07 Å². The average molecular weight is 297 g/mol. The van der Waals surface area contributed by atoms with Crippen molar-refractivity contribution in [1.82, 2.24) is 15.1 Å². The maximum atomic E-state index is 13.6. The number of benzene rings is 1. The molecule has 0 saturated carbocycles. The van der Waals surface area contributed by atoms with Crippen LogP contribution >= 0.6 is 0 Å². The standard InChI is InChI=1S/C14H17F2N3O2/c1-17-12(20)9-18-5-7-19(8-6-18)14(21)10-3-2-4-11(15)13(10)16/h2-4H,5-9H2,1H3,(H,17,20). The van der Waals surface area contributed by atoms with Crippen molar-refractivity contribution < 1.29 is 18.4 Å². The van der Waals surface area contributed by atoms with Crippen molar-refractivity contribution in [3.63, 3.8) is 0 Å². The quantitative estimate of drug-likeness (QED) is 0.882. The van der Waals surface area contributed by atoms with Gasteiger partial charge in [0, 0.05) is 33.2 Å². The average Bonchev–Trinajstić information content (AvgIpc) is 2.50. The summed E-state index contributed by atoms with van der Waals surface area (Å²) in [6.45, 7) is 2.08. The Labute approximate surface area is 121 Å². The molecule has 1 fully saturated rings. The molecule has 1 aromatic rings. The second kappa shape index (κ2) is 6.62. The van der Waals surface area contributed by atoms with E-state index < -0.39 is 17.5 Å². The Bertz CT molecular complexity index is 543. The molecule has 1 heterocycles. The summed E-state index contributed by atoms with van der Waals surface area (Å²) in [6, 6.07) is 3.57. The number of amides is 2. The zero-order chi connectivity index (χ0) is 15.4. The highest BCUT2D eigenvalue weighted by atomic mass is 19.2. The topological polar surface area (TPSA) is 52.7 Å². The fourth-order valence-electron chi connectivity index (χ4n) is 2.23. The lowest BCUT2D eigenvalue weighted by atomic mass is 10.1. The molecule has 0 spiro atoms. The molecule has 1 aliphatic heterocycles. The van der Waals surface area contributed by atoms with Gasteiger partial charge in [0.1, 0.15) is 0 Å². The third-order valence-corrected chi connectivity index (χ3v) is 3.49. The van der Waals surface area contributed by atoms with E-state index in [1.165, 1.54) is 17.0 Å². The van der Waals surface area contributed by atoms with E-state index in [4.69, 9.17) is 0 Å². The minimum Gasteiger partial charge on any atom is -0.358 e. The number of piperazine rings is 1. The molecule has 2 rings (SSSR count). The third-order valence-electron chi connectivity index (χ3n) is 3.49. The van der Waals surface area contributed by atoms with Crippen molar-refractivity contribution in [2.45, 2.75) is 0 Å². The highest BCUT2D eigenvalue weighted by molar-refractivity contribution is 5.94. The van der Waals surface area contributed by atoms with Gasteiger partial charge in [0.25, 0.3) is 5.91 Å². The smallest absolute Gasteiger partial charge is 0.257 e. The fraction of sp³-hybridized carbons (Fsp3) is 0.429. The Kier molecular flexibility index (Phi) is 4.85. The lowest BCUT2D eigenvalue weighted by molar-refractivity contribution is -0.122. The Morgan fingerprint density at radius 1 is 1.19 bits per heavy atom. The molecular weight excluding hydrogens is 280 g/mol. The van der Waals surface area contributed by atoms with Crippen LogP contribution in [-0.2, 0) is 4.79 Å². The Balaban J connectivity index is 1.97. The first-order valence-corrected chi connectivity index (χ1v) is 6.69. The summed E-state index contributed by atoms with van der Waals surface area (Å²) in [4.78, 5) is 26.8. The number of nitrogens with one attached hydrogen (secondary N) is 1. The van der Waals surface area contributed by atoms with E-state index in [-0.39, 0.29) is 18.0 Å². The molecule has 0 aliphatic carbocycles. The summed E-state index contributed by atoms with van der Waals surface area (Å²) in [5.74, 6) is -2.76. The van der Waals surface area contributed by atoms with Crippen LogP contribution in [-0.4, -0.2) is 61.4 Å². The molecular formula is C14H17F2N3O2. The number of likely N-dealkylation sites (N-methyl/N-ethyl adjacent to an activating group) is 1. The minimum atomic E-state index is -1.12. The molecule has 1 aromatic carbocycles. The lowest BCUT2D eigenvalue weighted by Gasteiger charge is -2.34. The lowest BCUT2D eigenvalue weighted by Crippen LogP contribution is -2.51. The van der Waals surface area contributed by atoms with E-state index in [0.29, 0.717) is 26.2 Å². The molecule has 114 valence electrons. The first kappa shape index (κ1) is 15.4. The molecule has 7 heteroatoms. The normalized spacial score (nSPS) is 15.9. The van der Waals surface area contributed by atoms with Gasteiger partial charge in [-0.15, -0.1) is 0 Å². The maximum absolute atomic E-state index is 13.6. The predicted octanol–water partition coefficient (Wildman–Crippen LogP) is 0.469. The molecule has 1 saturated heterocycles. The van der Waals surface area contributed by atoms with Crippen LogP contribution in [0, 0.1) is 11.6 Å². The number of nitrogens with zero attached hydrogens (tertiary/aromatic N) is 2. The van der Waals surface area contributed by atoms with E-state index in [1.54, 1.807) is 7.05 Å². The number of halogens is 2. The molecule has 0 radical (unpaired) electrons. The van der Waals surface area contributed by atoms with E-state index in [9.17, 15) is 18.4 Å². The molecule has 0 aromatic heterocycles.